The zero-order chi connectivity index (χ0) is 18.1. The van der Waals surface area contributed by atoms with E-state index in [1.165, 1.54) is 28.6 Å². The molecule has 0 saturated carbocycles. The lowest BCUT2D eigenvalue weighted by atomic mass is 10.2. The maximum atomic E-state index is 10.6. The summed E-state index contributed by atoms with van der Waals surface area (Å²) in [6.07, 6.45) is -0.564. The molecule has 0 aliphatic heterocycles. The number of aliphatic hydroxyl groups is 1. The normalized spacial score (nSPS) is 12.7. The van der Waals surface area contributed by atoms with Gasteiger partial charge in [0.25, 0.3) is 0 Å². The van der Waals surface area contributed by atoms with Crippen molar-refractivity contribution in [1.82, 2.24) is 14.5 Å². The number of aliphatic hydroxyl groups excluding tert-OH is 1. The molecule has 26 heavy (non-hydrogen) atoms. The third-order valence-electron chi connectivity index (χ3n) is 4.22. The summed E-state index contributed by atoms with van der Waals surface area (Å²) in [6, 6.07) is 18.0. The van der Waals surface area contributed by atoms with Gasteiger partial charge >= 0.3 is 0 Å². The summed E-state index contributed by atoms with van der Waals surface area (Å²) in [5.41, 5.74) is 13.6. The Morgan fingerprint density at radius 1 is 0.923 bits per heavy atom. The fraction of sp³-hybridized carbons (Fsp3) is 0.158. The highest BCUT2D eigenvalue weighted by atomic mass is 32.2. The monoisotopic (exact) mass is 365 g/mol. The van der Waals surface area contributed by atoms with E-state index in [4.69, 9.17) is 11.5 Å². The lowest BCUT2D eigenvalue weighted by Crippen LogP contribution is -2.18. The number of rotatable bonds is 5. The van der Waals surface area contributed by atoms with E-state index in [-0.39, 0.29) is 0 Å². The number of nitrogen functional groups attached to an aromatic ring is 2. The molecule has 0 aliphatic rings. The molecule has 0 saturated heterocycles. The molecule has 7 heteroatoms. The van der Waals surface area contributed by atoms with Crippen LogP contribution in [0.15, 0.2) is 59.8 Å². The number of hydrogen-bond donors (Lipinski definition) is 3. The van der Waals surface area contributed by atoms with Crippen LogP contribution in [0.4, 0.5) is 11.6 Å². The van der Waals surface area contributed by atoms with Crippen LogP contribution in [0, 0.1) is 0 Å². The molecule has 0 aliphatic carbocycles. The Labute approximate surface area is 154 Å². The molecule has 1 atom stereocenters. The van der Waals surface area contributed by atoms with Gasteiger partial charge in [-0.1, -0.05) is 48.2 Å². The maximum absolute atomic E-state index is 10.6. The molecule has 0 amide bonds. The molecule has 6 nitrogen and oxygen atoms in total. The molecule has 0 radical (unpaired) electrons. The number of para-hydroxylation sites is 2. The molecule has 5 N–H and O–H groups in total. The number of hydrogen-bond acceptors (Lipinski definition) is 6. The van der Waals surface area contributed by atoms with Crippen molar-refractivity contribution < 1.29 is 5.11 Å². The van der Waals surface area contributed by atoms with Crippen molar-refractivity contribution in [3.8, 4) is 0 Å². The molecule has 4 aromatic rings. The molecule has 0 fully saturated rings. The van der Waals surface area contributed by atoms with Gasteiger partial charge in [0.2, 0.25) is 0 Å². The predicted octanol–water partition coefficient (Wildman–Crippen LogP) is 2.90. The van der Waals surface area contributed by atoms with Crippen LogP contribution in [-0.4, -0.2) is 31.5 Å². The van der Waals surface area contributed by atoms with Gasteiger partial charge in [-0.15, -0.1) is 0 Å². The third-order valence-corrected chi connectivity index (χ3v) is 5.22. The first-order valence-electron chi connectivity index (χ1n) is 8.28. The Morgan fingerprint density at radius 3 is 2.04 bits per heavy atom. The second-order valence-corrected chi connectivity index (χ2v) is 7.10. The predicted molar refractivity (Wildman–Crippen MR) is 107 cm³/mol. The average molecular weight is 365 g/mol. The molecule has 4 rings (SSSR count). The minimum atomic E-state index is -0.564. The maximum Gasteiger partial charge on any atom is 0.191 e. The summed E-state index contributed by atoms with van der Waals surface area (Å²) in [5.74, 6) is 1.11. The molecule has 2 heterocycles. The summed E-state index contributed by atoms with van der Waals surface area (Å²) >= 11 is 1.34. The van der Waals surface area contributed by atoms with E-state index in [9.17, 15) is 5.11 Å². The largest absolute Gasteiger partial charge is 0.390 e. The van der Waals surface area contributed by atoms with Crippen molar-refractivity contribution in [2.75, 3.05) is 17.2 Å². The van der Waals surface area contributed by atoms with Crippen molar-refractivity contribution in [1.29, 1.82) is 0 Å². The number of thioether (sulfide) groups is 1. The minimum Gasteiger partial charge on any atom is -0.390 e. The minimum absolute atomic E-state index is 0.330. The smallest absolute Gasteiger partial charge is 0.191 e. The second-order valence-electron chi connectivity index (χ2n) is 6.11. The van der Waals surface area contributed by atoms with Crippen LogP contribution in [0.25, 0.3) is 21.8 Å². The van der Waals surface area contributed by atoms with Crippen molar-refractivity contribution in [2.24, 2.45) is 0 Å². The fourth-order valence-corrected chi connectivity index (χ4v) is 3.95. The van der Waals surface area contributed by atoms with Gasteiger partial charge in [-0.05, 0) is 12.1 Å². The van der Waals surface area contributed by atoms with Crippen molar-refractivity contribution >= 4 is 45.2 Å². The quantitative estimate of drug-likeness (QED) is 0.371. The van der Waals surface area contributed by atoms with Crippen molar-refractivity contribution in [3.63, 3.8) is 0 Å². The number of aromatic nitrogens is 3. The van der Waals surface area contributed by atoms with Crippen molar-refractivity contribution in [3.05, 3.63) is 54.6 Å². The first-order chi connectivity index (χ1) is 12.6. The van der Waals surface area contributed by atoms with Crippen LogP contribution in [0.1, 0.15) is 0 Å². The molecule has 0 unspecified atom stereocenters. The van der Waals surface area contributed by atoms with E-state index >= 15 is 0 Å². The Balaban J connectivity index is 1.58. The summed E-state index contributed by atoms with van der Waals surface area (Å²) in [6.45, 7) is 0.485. The summed E-state index contributed by atoms with van der Waals surface area (Å²) in [4.78, 5) is 8.27. The van der Waals surface area contributed by atoms with Gasteiger partial charge in [-0.2, -0.15) is 0 Å². The molecule has 132 valence electrons. The average Bonchev–Trinajstić information content (AvgIpc) is 2.94. The standard InChI is InChI=1S/C19H19N5OS/c20-17-9-18(21)23-19(22-17)26-11-12(25)10-24-15-7-3-1-5-13(15)14-6-2-4-8-16(14)24/h1-9,12,25H,10-11H2,(H4,20,21,22,23)/t12-/m1/s1. The molecule has 2 aromatic heterocycles. The first kappa shape index (κ1) is 16.7. The van der Waals surface area contributed by atoms with Crippen LogP contribution in [0.5, 0.6) is 0 Å². The molecule has 2 aromatic carbocycles. The molecule has 0 bridgehead atoms. The zero-order valence-corrected chi connectivity index (χ0v) is 14.9. The zero-order valence-electron chi connectivity index (χ0n) is 14.0. The number of benzene rings is 2. The highest BCUT2D eigenvalue weighted by molar-refractivity contribution is 7.99. The van der Waals surface area contributed by atoms with Gasteiger partial charge < -0.3 is 21.1 Å². The van der Waals surface area contributed by atoms with Crippen LogP contribution in [0.2, 0.25) is 0 Å². The Morgan fingerprint density at radius 2 is 1.46 bits per heavy atom. The number of nitrogens with two attached hydrogens (primary N) is 2. The lowest BCUT2D eigenvalue weighted by molar-refractivity contribution is 0.181. The Kier molecular flexibility index (Phi) is 4.40. The van der Waals surface area contributed by atoms with Crippen LogP contribution in [0.3, 0.4) is 0 Å². The van der Waals surface area contributed by atoms with Crippen LogP contribution in [-0.2, 0) is 6.54 Å². The van der Waals surface area contributed by atoms with E-state index in [1.807, 2.05) is 24.3 Å². The fourth-order valence-electron chi connectivity index (χ4n) is 3.16. The molecular weight excluding hydrogens is 346 g/mol. The topological polar surface area (TPSA) is 103 Å². The SMILES string of the molecule is Nc1cc(N)nc(SC[C@H](O)Cn2c3ccccc3c3ccccc32)n1. The first-order valence-corrected chi connectivity index (χ1v) is 9.27. The van der Waals surface area contributed by atoms with Crippen LogP contribution >= 0.6 is 11.8 Å². The third kappa shape index (κ3) is 3.18. The van der Waals surface area contributed by atoms with Gasteiger partial charge in [-0.3, -0.25) is 0 Å². The number of nitrogens with zero attached hydrogens (tertiary/aromatic N) is 3. The van der Waals surface area contributed by atoms with Crippen molar-refractivity contribution in [2.45, 2.75) is 17.8 Å². The van der Waals surface area contributed by atoms with Gasteiger partial charge in [0, 0.05) is 33.6 Å². The van der Waals surface area contributed by atoms with E-state index in [1.54, 1.807) is 0 Å². The summed E-state index contributed by atoms with van der Waals surface area (Å²) in [7, 11) is 0. The van der Waals surface area contributed by atoms with Gasteiger partial charge in [0.05, 0.1) is 12.6 Å². The van der Waals surface area contributed by atoms with Gasteiger partial charge in [-0.25, -0.2) is 9.97 Å². The highest BCUT2D eigenvalue weighted by Gasteiger charge is 2.14. The summed E-state index contributed by atoms with van der Waals surface area (Å²) < 4.78 is 2.16. The van der Waals surface area contributed by atoms with Crippen LogP contribution < -0.4 is 11.5 Å². The Bertz CT molecular complexity index is 1000. The number of anilines is 2. The van der Waals surface area contributed by atoms with Gasteiger partial charge in [0.15, 0.2) is 5.16 Å². The van der Waals surface area contributed by atoms with E-state index < -0.39 is 6.10 Å². The Hall–Kier alpha value is -2.77. The van der Waals surface area contributed by atoms with E-state index in [0.717, 1.165) is 11.0 Å². The summed E-state index contributed by atoms with van der Waals surface area (Å²) in [5, 5.41) is 13.4. The second kappa shape index (κ2) is 6.86. The van der Waals surface area contributed by atoms with E-state index in [2.05, 4.69) is 38.8 Å². The highest BCUT2D eigenvalue weighted by Crippen LogP contribution is 2.29. The molecule has 0 spiro atoms. The van der Waals surface area contributed by atoms with Gasteiger partial charge in [0.1, 0.15) is 11.6 Å². The number of fused-ring (bicyclic) bond motifs is 3. The molecular formula is C19H19N5OS. The van der Waals surface area contributed by atoms with E-state index in [0.29, 0.717) is 29.1 Å². The lowest BCUT2D eigenvalue weighted by Gasteiger charge is -2.13.